The van der Waals surface area contributed by atoms with Gasteiger partial charge in [-0.3, -0.25) is 0 Å². The largest absolute Gasteiger partial charge is 0.317 e. The molecule has 1 aliphatic carbocycles. The number of aromatic nitrogens is 4. The van der Waals surface area contributed by atoms with Crippen molar-refractivity contribution in [1.82, 2.24) is 19.7 Å². The number of rotatable bonds is 6. The summed E-state index contributed by atoms with van der Waals surface area (Å²) in [5.74, 6) is 1.96. The van der Waals surface area contributed by atoms with Crippen LogP contribution in [0, 0.1) is 0 Å². The van der Waals surface area contributed by atoms with Crippen molar-refractivity contribution >= 4 is 21.2 Å². The van der Waals surface area contributed by atoms with Crippen LogP contribution < -0.4 is 0 Å². The molecule has 1 fully saturated rings. The Bertz CT molecular complexity index is 703. The Labute approximate surface area is 128 Å². The van der Waals surface area contributed by atoms with E-state index in [-0.39, 0.29) is 11.5 Å². The summed E-state index contributed by atoms with van der Waals surface area (Å²) < 4.78 is 26.3. The van der Waals surface area contributed by atoms with E-state index in [1.807, 2.05) is 17.0 Å². The highest BCUT2D eigenvalue weighted by Gasteiger charge is 2.26. The Morgan fingerprint density at radius 3 is 2.81 bits per heavy atom. The highest BCUT2D eigenvalue weighted by atomic mass is 32.2. The second-order valence-corrected chi connectivity index (χ2v) is 8.39. The van der Waals surface area contributed by atoms with Gasteiger partial charge in [0.25, 0.3) is 0 Å². The second-order valence-electron chi connectivity index (χ2n) is 5.48. The minimum absolute atomic E-state index is 0.0483. The third-order valence-electron chi connectivity index (χ3n) is 3.97. The first-order chi connectivity index (χ1) is 10.1. The van der Waals surface area contributed by atoms with Crippen LogP contribution in [-0.2, 0) is 29.1 Å². The third-order valence-corrected chi connectivity index (χ3v) is 6.13. The van der Waals surface area contributed by atoms with Crippen LogP contribution in [0.15, 0.2) is 10.9 Å². The molecule has 0 saturated heterocycles. The van der Waals surface area contributed by atoms with Gasteiger partial charge in [-0.1, -0.05) is 6.42 Å². The molecular formula is C13H18N4O2S2. The SMILES string of the molecule is Cn1c(CS(=O)(=O)CCc2cscn2)nnc1C1CCC1. The van der Waals surface area contributed by atoms with Crippen LogP contribution in [0.4, 0.5) is 0 Å². The molecule has 0 bridgehead atoms. The standard InChI is InChI=1S/C13H18N4O2S2/c1-17-12(15-16-13(17)10-3-2-4-10)8-21(18,19)6-5-11-7-20-9-14-11/h7,9-10H,2-6,8H2,1H3. The first-order valence-electron chi connectivity index (χ1n) is 7.01. The van der Waals surface area contributed by atoms with E-state index < -0.39 is 9.84 Å². The Balaban J connectivity index is 1.66. The fourth-order valence-corrected chi connectivity index (χ4v) is 4.32. The highest BCUT2D eigenvalue weighted by Crippen LogP contribution is 2.35. The van der Waals surface area contributed by atoms with Gasteiger partial charge in [-0.25, -0.2) is 13.4 Å². The molecule has 3 rings (SSSR count). The molecule has 0 amide bonds. The number of hydrogen-bond acceptors (Lipinski definition) is 6. The van der Waals surface area contributed by atoms with E-state index in [1.165, 1.54) is 17.8 Å². The Hall–Kier alpha value is -1.28. The predicted molar refractivity (Wildman–Crippen MR) is 80.9 cm³/mol. The Morgan fingerprint density at radius 2 is 2.19 bits per heavy atom. The number of sulfone groups is 1. The van der Waals surface area contributed by atoms with E-state index >= 15 is 0 Å². The van der Waals surface area contributed by atoms with E-state index in [9.17, 15) is 8.42 Å². The van der Waals surface area contributed by atoms with Gasteiger partial charge in [-0.15, -0.1) is 21.5 Å². The van der Waals surface area contributed by atoms with E-state index in [0.717, 1.165) is 24.4 Å². The van der Waals surface area contributed by atoms with Crippen LogP contribution in [0.25, 0.3) is 0 Å². The fourth-order valence-electron chi connectivity index (χ4n) is 2.41. The maximum atomic E-state index is 12.2. The molecule has 0 atom stereocenters. The van der Waals surface area contributed by atoms with Crippen LogP contribution in [0.3, 0.4) is 0 Å². The van der Waals surface area contributed by atoms with Crippen LogP contribution >= 0.6 is 11.3 Å². The van der Waals surface area contributed by atoms with Gasteiger partial charge in [0.2, 0.25) is 0 Å². The zero-order chi connectivity index (χ0) is 14.9. The summed E-state index contributed by atoms with van der Waals surface area (Å²) in [5.41, 5.74) is 2.55. The Kier molecular flexibility index (Phi) is 4.08. The smallest absolute Gasteiger partial charge is 0.157 e. The summed E-state index contributed by atoms with van der Waals surface area (Å²) in [6, 6.07) is 0. The Morgan fingerprint density at radius 1 is 1.38 bits per heavy atom. The van der Waals surface area contributed by atoms with Crippen molar-refractivity contribution in [2.45, 2.75) is 37.4 Å². The molecule has 1 saturated carbocycles. The monoisotopic (exact) mass is 326 g/mol. The molecule has 0 spiro atoms. The molecule has 2 aromatic rings. The van der Waals surface area contributed by atoms with E-state index in [2.05, 4.69) is 15.2 Å². The summed E-state index contributed by atoms with van der Waals surface area (Å²) >= 11 is 1.48. The summed E-state index contributed by atoms with van der Waals surface area (Å²) in [4.78, 5) is 4.11. The molecule has 6 nitrogen and oxygen atoms in total. The lowest BCUT2D eigenvalue weighted by Crippen LogP contribution is -2.17. The predicted octanol–water partition coefficient (Wildman–Crippen LogP) is 1.70. The number of thiazole rings is 1. The fraction of sp³-hybridized carbons (Fsp3) is 0.615. The van der Waals surface area contributed by atoms with Crippen LogP contribution in [0.2, 0.25) is 0 Å². The van der Waals surface area contributed by atoms with Crippen molar-refractivity contribution in [2.75, 3.05) is 5.75 Å². The van der Waals surface area contributed by atoms with Gasteiger partial charge in [-0.2, -0.15) is 0 Å². The molecule has 0 N–H and O–H groups in total. The minimum Gasteiger partial charge on any atom is -0.317 e. The van der Waals surface area contributed by atoms with Gasteiger partial charge in [0.05, 0.1) is 17.0 Å². The van der Waals surface area contributed by atoms with Gasteiger partial charge in [0, 0.05) is 24.8 Å². The average molecular weight is 326 g/mol. The third kappa shape index (κ3) is 3.32. The van der Waals surface area contributed by atoms with Gasteiger partial charge in [0.15, 0.2) is 9.84 Å². The zero-order valence-corrected chi connectivity index (χ0v) is 13.5. The van der Waals surface area contributed by atoms with Crippen LogP contribution in [-0.4, -0.2) is 33.9 Å². The molecule has 114 valence electrons. The zero-order valence-electron chi connectivity index (χ0n) is 11.9. The van der Waals surface area contributed by atoms with Crippen molar-refractivity contribution in [2.24, 2.45) is 7.05 Å². The molecular weight excluding hydrogens is 308 g/mol. The molecule has 0 aromatic carbocycles. The van der Waals surface area contributed by atoms with E-state index in [0.29, 0.717) is 18.2 Å². The second kappa shape index (κ2) is 5.84. The lowest BCUT2D eigenvalue weighted by Gasteiger charge is -2.24. The van der Waals surface area contributed by atoms with Crippen molar-refractivity contribution in [3.63, 3.8) is 0 Å². The topological polar surface area (TPSA) is 77.7 Å². The van der Waals surface area contributed by atoms with Crippen molar-refractivity contribution in [3.05, 3.63) is 28.2 Å². The van der Waals surface area contributed by atoms with Crippen LogP contribution in [0.1, 0.15) is 42.5 Å². The lowest BCUT2D eigenvalue weighted by molar-refractivity contribution is 0.391. The molecule has 21 heavy (non-hydrogen) atoms. The normalized spacial score (nSPS) is 16.0. The number of aryl methyl sites for hydroxylation is 1. The average Bonchev–Trinajstić information content (AvgIpc) is 2.99. The summed E-state index contributed by atoms with van der Waals surface area (Å²) in [7, 11) is -1.33. The van der Waals surface area contributed by atoms with Crippen molar-refractivity contribution in [1.29, 1.82) is 0 Å². The van der Waals surface area contributed by atoms with Gasteiger partial charge < -0.3 is 4.57 Å². The van der Waals surface area contributed by atoms with Crippen molar-refractivity contribution in [3.8, 4) is 0 Å². The van der Waals surface area contributed by atoms with E-state index in [1.54, 1.807) is 5.51 Å². The number of hydrogen-bond donors (Lipinski definition) is 0. The summed E-state index contributed by atoms with van der Waals surface area (Å²) in [5, 5.41) is 10.1. The maximum absolute atomic E-state index is 12.2. The van der Waals surface area contributed by atoms with Crippen LogP contribution in [0.5, 0.6) is 0 Å². The summed E-state index contributed by atoms with van der Waals surface area (Å²) in [6.45, 7) is 0. The highest BCUT2D eigenvalue weighted by molar-refractivity contribution is 7.90. The molecule has 0 aliphatic heterocycles. The van der Waals surface area contributed by atoms with Gasteiger partial charge in [-0.05, 0) is 12.8 Å². The molecule has 1 aliphatic rings. The summed E-state index contributed by atoms with van der Waals surface area (Å²) in [6.07, 6.45) is 3.93. The van der Waals surface area contributed by atoms with E-state index in [4.69, 9.17) is 0 Å². The lowest BCUT2D eigenvalue weighted by atomic mass is 9.85. The molecule has 8 heteroatoms. The minimum atomic E-state index is -3.19. The maximum Gasteiger partial charge on any atom is 0.157 e. The number of nitrogens with zero attached hydrogens (tertiary/aromatic N) is 4. The molecule has 0 radical (unpaired) electrons. The molecule has 2 aromatic heterocycles. The first-order valence-corrected chi connectivity index (χ1v) is 9.77. The molecule has 0 unspecified atom stereocenters. The van der Waals surface area contributed by atoms with Gasteiger partial charge in [0.1, 0.15) is 17.4 Å². The van der Waals surface area contributed by atoms with Crippen molar-refractivity contribution < 1.29 is 8.42 Å². The quantitative estimate of drug-likeness (QED) is 0.807. The molecule has 2 heterocycles. The first kappa shape index (κ1) is 14.6. The van der Waals surface area contributed by atoms with Gasteiger partial charge >= 0.3 is 0 Å².